The molecule has 86 valence electrons. The summed E-state index contributed by atoms with van der Waals surface area (Å²) in [6, 6.07) is 0. The largest absolute Gasteiger partial charge is 0.505 e. The van der Waals surface area contributed by atoms with Crippen LogP contribution in [0.5, 0.6) is 5.75 Å². The van der Waals surface area contributed by atoms with Crippen LogP contribution in [0.2, 0.25) is 0 Å². The minimum absolute atomic E-state index is 0.0329. The lowest BCUT2D eigenvalue weighted by molar-refractivity contribution is 0.0947. The zero-order valence-electron chi connectivity index (χ0n) is 9.06. The molecule has 6 nitrogen and oxygen atoms in total. The van der Waals surface area contributed by atoms with E-state index in [0.717, 1.165) is 6.21 Å². The van der Waals surface area contributed by atoms with E-state index in [0.29, 0.717) is 17.7 Å². The number of nitrogens with one attached hydrogen (secondary N) is 1. The second-order valence-corrected chi connectivity index (χ2v) is 3.14. The topological polar surface area (TPSA) is 94.8 Å². The van der Waals surface area contributed by atoms with Crippen LogP contribution in [0.1, 0.15) is 28.5 Å². The number of aromatic hydroxyl groups is 1. The highest BCUT2D eigenvalue weighted by molar-refractivity contribution is 5.96. The van der Waals surface area contributed by atoms with Crippen LogP contribution in [0.25, 0.3) is 0 Å². The Hall–Kier alpha value is -2.11. The van der Waals surface area contributed by atoms with Crippen molar-refractivity contribution in [1.82, 2.24) is 10.3 Å². The fourth-order valence-electron chi connectivity index (χ4n) is 1.21. The van der Waals surface area contributed by atoms with E-state index in [-0.39, 0.29) is 11.4 Å². The molecule has 0 spiro atoms. The Morgan fingerprint density at radius 3 is 2.94 bits per heavy atom. The fourth-order valence-corrected chi connectivity index (χ4v) is 1.21. The minimum Gasteiger partial charge on any atom is -0.505 e. The number of aromatic nitrogens is 1. The molecule has 0 radical (unpaired) electrons. The van der Waals surface area contributed by atoms with E-state index in [1.54, 1.807) is 13.8 Å². The van der Waals surface area contributed by atoms with Gasteiger partial charge < -0.3 is 15.6 Å². The number of oxime groups is 1. The van der Waals surface area contributed by atoms with E-state index in [9.17, 15) is 9.90 Å². The van der Waals surface area contributed by atoms with Crippen LogP contribution in [0.3, 0.4) is 0 Å². The Balaban J connectivity index is 3.16. The highest BCUT2D eigenvalue weighted by Gasteiger charge is 2.15. The average molecular weight is 223 g/mol. The second-order valence-electron chi connectivity index (χ2n) is 3.14. The first-order chi connectivity index (χ1) is 7.61. The van der Waals surface area contributed by atoms with E-state index >= 15 is 0 Å². The van der Waals surface area contributed by atoms with Crippen molar-refractivity contribution in [2.45, 2.75) is 13.8 Å². The van der Waals surface area contributed by atoms with Crippen LogP contribution in [0, 0.1) is 6.92 Å². The van der Waals surface area contributed by atoms with Crippen LogP contribution >= 0.6 is 0 Å². The fraction of sp³-hybridized carbons (Fsp3) is 0.300. The van der Waals surface area contributed by atoms with Crippen LogP contribution in [0.4, 0.5) is 0 Å². The number of rotatable bonds is 3. The zero-order chi connectivity index (χ0) is 12.1. The summed E-state index contributed by atoms with van der Waals surface area (Å²) < 4.78 is 0. The molecule has 1 amide bonds. The molecule has 6 heteroatoms. The third-order valence-electron chi connectivity index (χ3n) is 2.09. The molecular formula is C10H13N3O3. The Morgan fingerprint density at radius 1 is 1.69 bits per heavy atom. The Bertz CT molecular complexity index is 430. The van der Waals surface area contributed by atoms with E-state index in [1.165, 1.54) is 6.20 Å². The number of nitrogens with zero attached hydrogens (tertiary/aromatic N) is 2. The van der Waals surface area contributed by atoms with Gasteiger partial charge in [0, 0.05) is 23.9 Å². The maximum Gasteiger partial charge on any atom is 0.273 e. The SMILES string of the molecule is CCNC(=O)c1ncc(/C=N/O)c(C)c1O. The molecule has 0 aromatic carbocycles. The molecule has 16 heavy (non-hydrogen) atoms. The van der Waals surface area contributed by atoms with Gasteiger partial charge in [-0.05, 0) is 13.8 Å². The van der Waals surface area contributed by atoms with Gasteiger partial charge in [0.15, 0.2) is 5.69 Å². The van der Waals surface area contributed by atoms with Crippen molar-refractivity contribution < 1.29 is 15.1 Å². The predicted molar refractivity (Wildman–Crippen MR) is 58.0 cm³/mol. The summed E-state index contributed by atoms with van der Waals surface area (Å²) in [5.41, 5.74) is 0.858. The van der Waals surface area contributed by atoms with Gasteiger partial charge in [0.25, 0.3) is 5.91 Å². The molecule has 0 aliphatic carbocycles. The monoisotopic (exact) mass is 223 g/mol. The summed E-state index contributed by atoms with van der Waals surface area (Å²) in [5, 5.41) is 23.5. The van der Waals surface area contributed by atoms with Gasteiger partial charge in [-0.1, -0.05) is 5.16 Å². The molecule has 1 heterocycles. The van der Waals surface area contributed by atoms with Crippen molar-refractivity contribution in [3.8, 4) is 5.75 Å². The molecular weight excluding hydrogens is 210 g/mol. The predicted octanol–water partition coefficient (Wildman–Crippen LogP) is 0.653. The first kappa shape index (κ1) is 12.0. The molecule has 0 aliphatic rings. The Kier molecular flexibility index (Phi) is 3.82. The lowest BCUT2D eigenvalue weighted by Crippen LogP contribution is -2.24. The van der Waals surface area contributed by atoms with E-state index in [1.807, 2.05) is 0 Å². The number of hydrogen-bond acceptors (Lipinski definition) is 5. The Morgan fingerprint density at radius 2 is 2.38 bits per heavy atom. The van der Waals surface area contributed by atoms with Crippen molar-refractivity contribution in [2.24, 2.45) is 5.16 Å². The van der Waals surface area contributed by atoms with Crippen LogP contribution in [-0.2, 0) is 0 Å². The van der Waals surface area contributed by atoms with Gasteiger partial charge in [-0.25, -0.2) is 4.98 Å². The van der Waals surface area contributed by atoms with Gasteiger partial charge in [-0.15, -0.1) is 0 Å². The molecule has 0 unspecified atom stereocenters. The van der Waals surface area contributed by atoms with Gasteiger partial charge in [0.2, 0.25) is 0 Å². The van der Waals surface area contributed by atoms with Crippen LogP contribution < -0.4 is 5.32 Å². The summed E-state index contributed by atoms with van der Waals surface area (Å²) in [6.45, 7) is 3.84. The van der Waals surface area contributed by atoms with Gasteiger partial charge in [-0.2, -0.15) is 0 Å². The van der Waals surface area contributed by atoms with Crippen molar-refractivity contribution in [2.75, 3.05) is 6.54 Å². The summed E-state index contributed by atoms with van der Waals surface area (Å²) in [6.07, 6.45) is 2.50. The van der Waals surface area contributed by atoms with Gasteiger partial charge in [0.1, 0.15) is 5.75 Å². The molecule has 0 bridgehead atoms. The van der Waals surface area contributed by atoms with E-state index in [2.05, 4.69) is 15.5 Å². The summed E-state index contributed by atoms with van der Waals surface area (Å²) >= 11 is 0. The zero-order valence-corrected chi connectivity index (χ0v) is 9.06. The van der Waals surface area contributed by atoms with Crippen LogP contribution in [-0.4, -0.2) is 34.0 Å². The molecule has 0 atom stereocenters. The molecule has 0 fully saturated rings. The van der Waals surface area contributed by atoms with Crippen molar-refractivity contribution >= 4 is 12.1 Å². The summed E-state index contributed by atoms with van der Waals surface area (Å²) in [7, 11) is 0. The third kappa shape index (κ3) is 2.28. The summed E-state index contributed by atoms with van der Waals surface area (Å²) in [5.74, 6) is -0.640. The number of carbonyl (C=O) groups excluding carboxylic acids is 1. The standard InChI is InChI=1S/C10H13N3O3/c1-3-11-10(15)8-9(14)6(2)7(4-12-8)5-13-16/h4-5,14,16H,3H2,1-2H3,(H,11,15)/b13-5+. The van der Waals surface area contributed by atoms with Gasteiger partial charge >= 0.3 is 0 Å². The van der Waals surface area contributed by atoms with E-state index in [4.69, 9.17) is 5.21 Å². The number of hydrogen-bond donors (Lipinski definition) is 3. The maximum absolute atomic E-state index is 11.5. The quantitative estimate of drug-likeness (QED) is 0.398. The molecule has 1 aromatic rings. The second kappa shape index (κ2) is 5.11. The number of pyridine rings is 1. The highest BCUT2D eigenvalue weighted by Crippen LogP contribution is 2.22. The normalized spacial score (nSPS) is 10.6. The van der Waals surface area contributed by atoms with E-state index < -0.39 is 5.91 Å². The highest BCUT2D eigenvalue weighted by atomic mass is 16.4. The van der Waals surface area contributed by atoms with Crippen LogP contribution in [0.15, 0.2) is 11.4 Å². The molecule has 3 N–H and O–H groups in total. The average Bonchev–Trinajstić information content (AvgIpc) is 2.25. The maximum atomic E-state index is 11.5. The first-order valence-corrected chi connectivity index (χ1v) is 4.76. The molecule has 1 aromatic heterocycles. The van der Waals surface area contributed by atoms with Crippen molar-refractivity contribution in [1.29, 1.82) is 0 Å². The lowest BCUT2D eigenvalue weighted by atomic mass is 10.1. The number of carbonyl (C=O) groups is 1. The smallest absolute Gasteiger partial charge is 0.273 e. The minimum atomic E-state index is -0.435. The molecule has 0 aliphatic heterocycles. The lowest BCUT2D eigenvalue weighted by Gasteiger charge is -2.07. The summed E-state index contributed by atoms with van der Waals surface area (Å²) in [4.78, 5) is 15.3. The number of amides is 1. The van der Waals surface area contributed by atoms with Crippen molar-refractivity contribution in [3.63, 3.8) is 0 Å². The third-order valence-corrected chi connectivity index (χ3v) is 2.09. The Labute approximate surface area is 92.6 Å². The first-order valence-electron chi connectivity index (χ1n) is 4.76. The van der Waals surface area contributed by atoms with Gasteiger partial charge in [0.05, 0.1) is 6.21 Å². The molecule has 0 saturated heterocycles. The van der Waals surface area contributed by atoms with Crippen molar-refractivity contribution in [3.05, 3.63) is 23.0 Å². The molecule has 1 rings (SSSR count). The van der Waals surface area contributed by atoms with Gasteiger partial charge in [-0.3, -0.25) is 4.79 Å². The molecule has 0 saturated carbocycles.